The van der Waals surface area contributed by atoms with Crippen LogP contribution in [0.3, 0.4) is 0 Å². The Morgan fingerprint density at radius 1 is 0.346 bits per heavy atom. The van der Waals surface area contributed by atoms with Gasteiger partial charge in [-0.3, -0.25) is 0 Å². The van der Waals surface area contributed by atoms with E-state index in [2.05, 4.69) is 205 Å². The predicted octanol–water partition coefficient (Wildman–Crippen LogP) is 11.6. The van der Waals surface area contributed by atoms with Crippen molar-refractivity contribution < 1.29 is 0 Å². The number of hydrogen-bond acceptors (Lipinski definition) is 1. The maximum Gasteiger partial charge on any atom is 0.0788 e. The Morgan fingerprint density at radius 2 is 0.923 bits per heavy atom. The minimum atomic E-state index is -0.664. The van der Waals surface area contributed by atoms with Crippen LogP contribution < -0.4 is 15.9 Å². The molecule has 0 bridgehead atoms. The van der Waals surface area contributed by atoms with Gasteiger partial charge in [0.25, 0.3) is 0 Å². The fraction of sp³-hybridized carbons (Fsp3) is 0. The lowest BCUT2D eigenvalue weighted by Crippen LogP contribution is -2.20. The lowest BCUT2D eigenvalue weighted by Gasteiger charge is -2.19. The van der Waals surface area contributed by atoms with E-state index in [4.69, 9.17) is 4.98 Å². The van der Waals surface area contributed by atoms with E-state index in [1.807, 2.05) is 0 Å². The van der Waals surface area contributed by atoms with Crippen LogP contribution in [0.1, 0.15) is 0 Å². The van der Waals surface area contributed by atoms with Gasteiger partial charge in [-0.1, -0.05) is 158 Å². The minimum Gasteiger partial charge on any atom is -0.309 e. The number of pyridine rings is 1. The van der Waals surface area contributed by atoms with Crippen LogP contribution in [0.4, 0.5) is 0 Å². The van der Waals surface area contributed by atoms with Crippen LogP contribution in [-0.4, -0.2) is 9.55 Å². The van der Waals surface area contributed by atoms with E-state index in [0.29, 0.717) is 0 Å². The summed E-state index contributed by atoms with van der Waals surface area (Å²) in [5.74, 6) is 0. The van der Waals surface area contributed by atoms with Gasteiger partial charge in [0.15, 0.2) is 0 Å². The average molecular weight is 681 g/mol. The van der Waals surface area contributed by atoms with Crippen molar-refractivity contribution in [2.24, 2.45) is 0 Å². The van der Waals surface area contributed by atoms with E-state index in [1.54, 1.807) is 0 Å². The Hall–Kier alpha value is -6.34. The largest absolute Gasteiger partial charge is 0.309 e. The number of hydrogen-bond donors (Lipinski definition) is 0. The molecule has 2 heterocycles. The van der Waals surface area contributed by atoms with E-state index in [1.165, 1.54) is 54.2 Å². The molecule has 0 aliphatic rings. The molecule has 3 heteroatoms. The zero-order chi connectivity index (χ0) is 34.4. The predicted molar refractivity (Wildman–Crippen MR) is 223 cm³/mol. The molecule has 0 N–H and O–H groups in total. The topological polar surface area (TPSA) is 17.8 Å². The first-order valence-electron chi connectivity index (χ1n) is 17.7. The summed E-state index contributed by atoms with van der Waals surface area (Å²) < 4.78 is 2.39. The molecule has 0 fully saturated rings. The molecular weight excluding hydrogens is 648 g/mol. The zero-order valence-corrected chi connectivity index (χ0v) is 29.3. The standard InChI is InChI=1S/C49H33N2P/c1-5-15-35(16-6-1)49-45-33-48-44(41-23-13-14-24-47(41)51(48)37-17-7-2-8-18-37)32-42(45)43-31-36(27-30-46(43)50-49)34-25-28-40(29-26-34)52(38-19-9-3-10-20-38)39-21-11-4-12-22-39/h1-33H. The summed E-state index contributed by atoms with van der Waals surface area (Å²) in [6.45, 7) is 0. The number of rotatable bonds is 6. The maximum atomic E-state index is 5.37. The molecule has 2 nitrogen and oxygen atoms in total. The summed E-state index contributed by atoms with van der Waals surface area (Å²) in [5, 5.41) is 10.1. The molecule has 0 aliphatic heterocycles. The fourth-order valence-electron chi connectivity index (χ4n) is 7.72. The summed E-state index contributed by atoms with van der Waals surface area (Å²) >= 11 is 0. The van der Waals surface area contributed by atoms with Crippen molar-refractivity contribution in [2.75, 3.05) is 0 Å². The highest BCUT2D eigenvalue weighted by Gasteiger charge is 2.19. The molecule has 10 aromatic rings. The van der Waals surface area contributed by atoms with Crippen molar-refractivity contribution in [1.82, 2.24) is 9.55 Å². The van der Waals surface area contributed by atoms with Gasteiger partial charge in [0.05, 0.1) is 22.2 Å². The van der Waals surface area contributed by atoms with Crippen LogP contribution in [0.2, 0.25) is 0 Å². The van der Waals surface area contributed by atoms with Crippen LogP contribution >= 0.6 is 7.92 Å². The highest BCUT2D eigenvalue weighted by molar-refractivity contribution is 7.79. The Balaban J connectivity index is 1.17. The van der Waals surface area contributed by atoms with Gasteiger partial charge in [-0.05, 0) is 82.8 Å². The molecule has 0 saturated carbocycles. The number of para-hydroxylation sites is 2. The molecule has 0 unspecified atom stereocenters. The van der Waals surface area contributed by atoms with Crippen LogP contribution in [0.15, 0.2) is 200 Å². The van der Waals surface area contributed by atoms with E-state index in [-0.39, 0.29) is 0 Å². The van der Waals surface area contributed by atoms with Crippen LogP contribution in [0, 0.1) is 0 Å². The van der Waals surface area contributed by atoms with E-state index >= 15 is 0 Å². The third-order valence-corrected chi connectivity index (χ3v) is 12.6. The summed E-state index contributed by atoms with van der Waals surface area (Å²) in [6, 6.07) is 72.6. The summed E-state index contributed by atoms with van der Waals surface area (Å²) in [5.41, 5.74) is 9.02. The molecule has 0 aliphatic carbocycles. The number of benzene rings is 8. The van der Waals surface area contributed by atoms with Crippen LogP contribution in [-0.2, 0) is 0 Å². The first kappa shape index (κ1) is 30.5. The average Bonchev–Trinajstić information content (AvgIpc) is 3.55. The van der Waals surface area contributed by atoms with Crippen LogP contribution in [0.5, 0.6) is 0 Å². The fourth-order valence-corrected chi connectivity index (χ4v) is 10.0. The van der Waals surface area contributed by atoms with Gasteiger partial charge in [0, 0.05) is 32.8 Å². The van der Waals surface area contributed by atoms with E-state index in [0.717, 1.165) is 33.2 Å². The molecule has 0 spiro atoms. The summed E-state index contributed by atoms with van der Waals surface area (Å²) in [6.07, 6.45) is 0. The molecular formula is C49H33N2P. The van der Waals surface area contributed by atoms with Crippen molar-refractivity contribution in [2.45, 2.75) is 0 Å². The monoisotopic (exact) mass is 680 g/mol. The molecule has 0 atom stereocenters. The van der Waals surface area contributed by atoms with Gasteiger partial charge in [0.2, 0.25) is 0 Å². The normalized spacial score (nSPS) is 11.6. The van der Waals surface area contributed by atoms with Gasteiger partial charge in [0.1, 0.15) is 0 Å². The Kier molecular flexibility index (Phi) is 7.48. The molecule has 0 radical (unpaired) electrons. The molecule has 0 amide bonds. The number of aromatic nitrogens is 2. The smallest absolute Gasteiger partial charge is 0.0788 e. The minimum absolute atomic E-state index is 0.664. The Morgan fingerprint density at radius 3 is 1.62 bits per heavy atom. The van der Waals surface area contributed by atoms with Gasteiger partial charge >= 0.3 is 0 Å². The second kappa shape index (κ2) is 12.8. The second-order valence-corrected chi connectivity index (χ2v) is 15.4. The first-order chi connectivity index (χ1) is 25.8. The Bertz CT molecular complexity index is 2830. The van der Waals surface area contributed by atoms with Crippen LogP contribution in [0.25, 0.3) is 71.6 Å². The van der Waals surface area contributed by atoms with Gasteiger partial charge < -0.3 is 4.57 Å². The molecule has 8 aromatic carbocycles. The summed E-state index contributed by atoms with van der Waals surface area (Å²) in [4.78, 5) is 5.37. The molecule has 244 valence electrons. The lowest BCUT2D eigenvalue weighted by molar-refractivity contribution is 1.18. The Labute approximate surface area is 304 Å². The van der Waals surface area contributed by atoms with Crippen molar-refractivity contribution in [3.63, 3.8) is 0 Å². The highest BCUT2D eigenvalue weighted by Crippen LogP contribution is 2.41. The number of fused-ring (bicyclic) bond motifs is 6. The zero-order valence-electron chi connectivity index (χ0n) is 28.4. The highest BCUT2D eigenvalue weighted by atomic mass is 31.1. The molecule has 0 saturated heterocycles. The quantitative estimate of drug-likeness (QED) is 0.126. The molecule has 52 heavy (non-hydrogen) atoms. The third kappa shape index (κ3) is 5.20. The number of nitrogens with zero attached hydrogens (tertiary/aromatic N) is 2. The first-order valence-corrected chi connectivity index (χ1v) is 19.1. The van der Waals surface area contributed by atoms with Gasteiger partial charge in [-0.15, -0.1) is 0 Å². The third-order valence-electron chi connectivity index (χ3n) is 10.1. The van der Waals surface area contributed by atoms with E-state index in [9.17, 15) is 0 Å². The maximum absolute atomic E-state index is 5.37. The van der Waals surface area contributed by atoms with Crippen molar-refractivity contribution >= 4 is 67.3 Å². The van der Waals surface area contributed by atoms with Crippen molar-refractivity contribution in [3.05, 3.63) is 200 Å². The lowest BCUT2D eigenvalue weighted by atomic mass is 9.95. The van der Waals surface area contributed by atoms with Crippen molar-refractivity contribution in [1.29, 1.82) is 0 Å². The van der Waals surface area contributed by atoms with Gasteiger partial charge in [-0.2, -0.15) is 0 Å². The van der Waals surface area contributed by atoms with Gasteiger partial charge in [-0.25, -0.2) is 4.98 Å². The molecule has 10 rings (SSSR count). The van der Waals surface area contributed by atoms with E-state index < -0.39 is 7.92 Å². The van der Waals surface area contributed by atoms with Crippen molar-refractivity contribution in [3.8, 4) is 28.1 Å². The SMILES string of the molecule is c1ccc(-c2nc3ccc(-c4ccc(P(c5ccccc5)c5ccccc5)cc4)cc3c3cc4c5ccccc5n(-c5ccccc5)c4cc23)cc1. The summed E-state index contributed by atoms with van der Waals surface area (Å²) in [7, 11) is -0.664. The second-order valence-electron chi connectivity index (χ2n) is 13.2. The molecule has 2 aromatic heterocycles.